The molecule has 1 unspecified atom stereocenters. The molecule has 1 aromatic rings. The number of aryl methyl sites for hydroxylation is 1. The van der Waals surface area contributed by atoms with E-state index in [0.29, 0.717) is 18.7 Å². The molecule has 0 aliphatic carbocycles. The van der Waals surface area contributed by atoms with Crippen molar-refractivity contribution in [1.29, 1.82) is 0 Å². The summed E-state index contributed by atoms with van der Waals surface area (Å²) in [6.45, 7) is 8.83. The molecule has 1 saturated heterocycles. The first-order valence-corrected chi connectivity index (χ1v) is 7.86. The normalized spacial score (nSPS) is 16.5. The van der Waals surface area contributed by atoms with Gasteiger partial charge in [-0.3, -0.25) is 9.59 Å². The lowest BCUT2D eigenvalue weighted by Crippen LogP contribution is -2.55. The number of hydrogen-bond acceptors (Lipinski definition) is 3. The maximum Gasteiger partial charge on any atom is 0.252 e. The van der Waals surface area contributed by atoms with Gasteiger partial charge in [-0.2, -0.15) is 0 Å². The maximum atomic E-state index is 12.7. The van der Waals surface area contributed by atoms with Gasteiger partial charge in [0.1, 0.15) is 6.04 Å². The van der Waals surface area contributed by atoms with Gasteiger partial charge < -0.3 is 15.5 Å². The van der Waals surface area contributed by atoms with Crippen LogP contribution >= 0.6 is 0 Å². The highest BCUT2D eigenvalue weighted by atomic mass is 16.2. The van der Waals surface area contributed by atoms with Gasteiger partial charge in [0.05, 0.1) is 0 Å². The highest BCUT2D eigenvalue weighted by Gasteiger charge is 2.29. The minimum Gasteiger partial charge on any atom is -0.340 e. The van der Waals surface area contributed by atoms with Crippen LogP contribution in [0.1, 0.15) is 29.8 Å². The number of amides is 2. The average molecular weight is 303 g/mol. The smallest absolute Gasteiger partial charge is 0.252 e. The summed E-state index contributed by atoms with van der Waals surface area (Å²) in [6.07, 6.45) is 0. The van der Waals surface area contributed by atoms with Crippen molar-refractivity contribution < 1.29 is 9.59 Å². The molecular weight excluding hydrogens is 278 g/mol. The van der Waals surface area contributed by atoms with Crippen LogP contribution in [0.2, 0.25) is 0 Å². The van der Waals surface area contributed by atoms with E-state index in [0.717, 1.165) is 18.7 Å². The van der Waals surface area contributed by atoms with Crippen LogP contribution in [-0.2, 0) is 4.79 Å². The van der Waals surface area contributed by atoms with Crippen molar-refractivity contribution in [3.8, 4) is 0 Å². The lowest BCUT2D eigenvalue weighted by molar-refractivity contribution is -0.134. The second kappa shape index (κ2) is 7.40. The van der Waals surface area contributed by atoms with E-state index < -0.39 is 6.04 Å². The molecule has 2 amide bonds. The average Bonchev–Trinajstić information content (AvgIpc) is 2.52. The van der Waals surface area contributed by atoms with Crippen LogP contribution in [0.15, 0.2) is 24.3 Å². The van der Waals surface area contributed by atoms with E-state index in [1.807, 2.05) is 43.9 Å². The third-order valence-electron chi connectivity index (χ3n) is 4.04. The summed E-state index contributed by atoms with van der Waals surface area (Å²) in [5.74, 6) is -0.117. The molecule has 120 valence electrons. The second-order valence-corrected chi connectivity index (χ2v) is 6.09. The molecule has 1 atom stereocenters. The number of piperazine rings is 1. The molecular formula is C17H25N3O2. The van der Waals surface area contributed by atoms with Gasteiger partial charge >= 0.3 is 0 Å². The standard InChI is InChI=1S/C17H25N3O2/c1-12(2)15(17(22)20-10-8-18-9-11-20)19-16(21)14-7-5-4-6-13(14)3/h4-7,12,15,18H,8-11H2,1-3H3,(H,19,21). The Labute approximate surface area is 132 Å². The fourth-order valence-electron chi connectivity index (χ4n) is 2.64. The quantitative estimate of drug-likeness (QED) is 0.878. The number of carbonyl (C=O) groups excluding carboxylic acids is 2. The van der Waals surface area contributed by atoms with E-state index in [9.17, 15) is 9.59 Å². The van der Waals surface area contributed by atoms with E-state index >= 15 is 0 Å². The molecule has 1 heterocycles. The number of hydrogen-bond donors (Lipinski definition) is 2. The Morgan fingerprint density at radius 3 is 2.41 bits per heavy atom. The molecule has 5 heteroatoms. The molecule has 2 rings (SSSR count). The molecule has 1 fully saturated rings. The Bertz CT molecular complexity index is 536. The van der Waals surface area contributed by atoms with E-state index in [4.69, 9.17) is 0 Å². The Kier molecular flexibility index (Phi) is 5.55. The number of benzene rings is 1. The van der Waals surface area contributed by atoms with Crippen molar-refractivity contribution in [2.24, 2.45) is 5.92 Å². The highest BCUT2D eigenvalue weighted by Crippen LogP contribution is 2.11. The summed E-state index contributed by atoms with van der Waals surface area (Å²) in [5, 5.41) is 6.15. The zero-order chi connectivity index (χ0) is 16.1. The maximum absolute atomic E-state index is 12.7. The summed E-state index contributed by atoms with van der Waals surface area (Å²) < 4.78 is 0. The molecule has 22 heavy (non-hydrogen) atoms. The Balaban J connectivity index is 2.10. The van der Waals surface area contributed by atoms with Crippen molar-refractivity contribution in [2.45, 2.75) is 26.8 Å². The molecule has 0 spiro atoms. The van der Waals surface area contributed by atoms with Crippen molar-refractivity contribution >= 4 is 11.8 Å². The first kappa shape index (κ1) is 16.5. The van der Waals surface area contributed by atoms with Gasteiger partial charge in [-0.15, -0.1) is 0 Å². The second-order valence-electron chi connectivity index (χ2n) is 6.09. The molecule has 0 saturated carbocycles. The van der Waals surface area contributed by atoms with Crippen LogP contribution in [0.3, 0.4) is 0 Å². The van der Waals surface area contributed by atoms with Crippen molar-refractivity contribution in [2.75, 3.05) is 26.2 Å². The van der Waals surface area contributed by atoms with Gasteiger partial charge in [-0.1, -0.05) is 32.0 Å². The third-order valence-corrected chi connectivity index (χ3v) is 4.04. The molecule has 1 aliphatic rings. The summed E-state index contributed by atoms with van der Waals surface area (Å²) in [7, 11) is 0. The van der Waals surface area contributed by atoms with Gasteiger partial charge in [-0.25, -0.2) is 0 Å². The van der Waals surface area contributed by atoms with Gasteiger partial charge in [0, 0.05) is 31.7 Å². The molecule has 5 nitrogen and oxygen atoms in total. The molecule has 0 bridgehead atoms. The van der Waals surface area contributed by atoms with Crippen molar-refractivity contribution in [3.63, 3.8) is 0 Å². The van der Waals surface area contributed by atoms with Crippen LogP contribution in [0, 0.1) is 12.8 Å². The molecule has 1 aromatic carbocycles. The zero-order valence-electron chi connectivity index (χ0n) is 13.6. The fraction of sp³-hybridized carbons (Fsp3) is 0.529. The number of carbonyl (C=O) groups is 2. The molecule has 2 N–H and O–H groups in total. The van der Waals surface area contributed by atoms with Crippen LogP contribution in [-0.4, -0.2) is 48.9 Å². The Morgan fingerprint density at radius 2 is 1.82 bits per heavy atom. The van der Waals surface area contributed by atoms with E-state index in [1.165, 1.54) is 0 Å². The summed E-state index contributed by atoms with van der Waals surface area (Å²) in [6, 6.07) is 6.95. The lowest BCUT2D eigenvalue weighted by Gasteiger charge is -2.32. The predicted molar refractivity (Wildman–Crippen MR) is 86.7 cm³/mol. The molecule has 1 aliphatic heterocycles. The lowest BCUT2D eigenvalue weighted by atomic mass is 10.0. The van der Waals surface area contributed by atoms with Crippen LogP contribution in [0.5, 0.6) is 0 Å². The summed E-state index contributed by atoms with van der Waals surface area (Å²) in [5.41, 5.74) is 1.54. The Morgan fingerprint density at radius 1 is 1.18 bits per heavy atom. The first-order valence-electron chi connectivity index (χ1n) is 7.86. The van der Waals surface area contributed by atoms with Gasteiger partial charge in [0.15, 0.2) is 0 Å². The van der Waals surface area contributed by atoms with Crippen molar-refractivity contribution in [1.82, 2.24) is 15.5 Å². The van der Waals surface area contributed by atoms with Crippen molar-refractivity contribution in [3.05, 3.63) is 35.4 Å². The van der Waals surface area contributed by atoms with Crippen LogP contribution in [0.4, 0.5) is 0 Å². The highest BCUT2D eigenvalue weighted by molar-refractivity contribution is 5.98. The van der Waals surface area contributed by atoms with E-state index in [-0.39, 0.29) is 17.7 Å². The summed E-state index contributed by atoms with van der Waals surface area (Å²) >= 11 is 0. The van der Waals surface area contributed by atoms with Gasteiger partial charge in [0.2, 0.25) is 5.91 Å². The van der Waals surface area contributed by atoms with Crippen LogP contribution in [0.25, 0.3) is 0 Å². The largest absolute Gasteiger partial charge is 0.340 e. The zero-order valence-corrected chi connectivity index (χ0v) is 13.6. The summed E-state index contributed by atoms with van der Waals surface area (Å²) in [4.78, 5) is 27.0. The number of nitrogens with zero attached hydrogens (tertiary/aromatic N) is 1. The minimum atomic E-state index is -0.481. The predicted octanol–water partition coefficient (Wildman–Crippen LogP) is 1.18. The first-order chi connectivity index (χ1) is 10.5. The number of rotatable bonds is 4. The van der Waals surface area contributed by atoms with Gasteiger partial charge in [-0.05, 0) is 24.5 Å². The minimum absolute atomic E-state index is 0.0124. The molecule has 0 aromatic heterocycles. The van der Waals surface area contributed by atoms with E-state index in [2.05, 4.69) is 10.6 Å². The topological polar surface area (TPSA) is 61.4 Å². The fourth-order valence-corrected chi connectivity index (χ4v) is 2.64. The van der Waals surface area contributed by atoms with Crippen LogP contribution < -0.4 is 10.6 Å². The number of nitrogens with one attached hydrogen (secondary N) is 2. The van der Waals surface area contributed by atoms with Gasteiger partial charge in [0.25, 0.3) is 5.91 Å². The SMILES string of the molecule is Cc1ccccc1C(=O)NC(C(=O)N1CCNCC1)C(C)C. The van der Waals surface area contributed by atoms with E-state index in [1.54, 1.807) is 6.07 Å². The third kappa shape index (κ3) is 3.85. The monoisotopic (exact) mass is 303 g/mol. The Hall–Kier alpha value is -1.88. The molecule has 0 radical (unpaired) electrons.